The number of hydrogen-bond donors (Lipinski definition) is 2. The van der Waals surface area contributed by atoms with Crippen molar-refractivity contribution in [2.45, 2.75) is 37.9 Å². The summed E-state index contributed by atoms with van der Waals surface area (Å²) in [4.78, 5) is 11.9. The molecule has 1 aliphatic rings. The maximum atomic E-state index is 11.9. The van der Waals surface area contributed by atoms with Gasteiger partial charge in [-0.05, 0) is 25.7 Å². The molecule has 0 spiro atoms. The van der Waals surface area contributed by atoms with Crippen LogP contribution in [0.1, 0.15) is 32.1 Å². The number of carbonyl (C=O) groups is 1. The van der Waals surface area contributed by atoms with Gasteiger partial charge in [0.05, 0.1) is 12.5 Å². The third-order valence-electron chi connectivity index (χ3n) is 2.93. The van der Waals surface area contributed by atoms with E-state index in [1.165, 1.54) is 0 Å². The standard InChI is InChI=1S/C11H21BN2O4S/c13-9-18-12-10-7-5-3-1-2-4-6-8-19(16,17)14-11(10)15/h3,5,10,12H,1-2,4,6-9,13H2,(H,14,15)/b5-3-. The van der Waals surface area contributed by atoms with Gasteiger partial charge in [-0.25, -0.2) is 8.42 Å². The molecule has 108 valence electrons. The fraction of sp³-hybridized carbons (Fsp3) is 0.727. The van der Waals surface area contributed by atoms with Gasteiger partial charge in [-0.3, -0.25) is 9.52 Å². The molecule has 6 nitrogen and oxygen atoms in total. The van der Waals surface area contributed by atoms with Gasteiger partial charge >= 0.3 is 0 Å². The molecular weight excluding hydrogens is 267 g/mol. The molecule has 0 fully saturated rings. The summed E-state index contributed by atoms with van der Waals surface area (Å²) in [6, 6.07) is 0. The first kappa shape index (κ1) is 16.2. The third-order valence-corrected chi connectivity index (χ3v) is 4.27. The normalized spacial score (nSPS) is 26.6. The van der Waals surface area contributed by atoms with Crippen molar-refractivity contribution in [3.05, 3.63) is 12.2 Å². The molecule has 0 aromatic heterocycles. The summed E-state index contributed by atoms with van der Waals surface area (Å²) in [5.41, 5.74) is 5.23. The summed E-state index contributed by atoms with van der Waals surface area (Å²) in [6.07, 6.45) is 7.67. The molecular formula is C11H21BN2O4S. The number of nitrogens with two attached hydrogens (primary N) is 1. The second-order valence-electron chi connectivity index (χ2n) is 4.58. The quantitative estimate of drug-likeness (QED) is 0.433. The zero-order chi connectivity index (χ0) is 14.1. The van der Waals surface area contributed by atoms with Gasteiger partial charge in [0, 0.05) is 5.82 Å². The van der Waals surface area contributed by atoms with Crippen molar-refractivity contribution in [2.24, 2.45) is 5.73 Å². The number of sulfonamides is 1. The summed E-state index contributed by atoms with van der Waals surface area (Å²) in [7, 11) is -3.40. The topological polar surface area (TPSA) is 98.5 Å². The maximum Gasteiger partial charge on any atom is 0.289 e. The fourth-order valence-electron chi connectivity index (χ4n) is 1.86. The van der Waals surface area contributed by atoms with Gasteiger partial charge in [0.15, 0.2) is 0 Å². The molecule has 0 radical (unpaired) electrons. The molecule has 19 heavy (non-hydrogen) atoms. The smallest absolute Gasteiger partial charge is 0.289 e. The fourth-order valence-corrected chi connectivity index (χ4v) is 3.02. The zero-order valence-electron chi connectivity index (χ0n) is 11.0. The van der Waals surface area contributed by atoms with E-state index in [0.717, 1.165) is 19.3 Å². The number of rotatable bonds is 3. The lowest BCUT2D eigenvalue weighted by Gasteiger charge is -2.14. The van der Waals surface area contributed by atoms with Crippen molar-refractivity contribution in [3.8, 4) is 0 Å². The molecule has 1 amide bonds. The molecule has 1 atom stereocenters. The summed E-state index contributed by atoms with van der Waals surface area (Å²) in [5.74, 6) is -1.04. The van der Waals surface area contributed by atoms with Crippen molar-refractivity contribution in [2.75, 3.05) is 12.5 Å². The molecule has 0 bridgehead atoms. The van der Waals surface area contributed by atoms with Crippen molar-refractivity contribution < 1.29 is 17.9 Å². The van der Waals surface area contributed by atoms with Crippen molar-refractivity contribution in [1.82, 2.24) is 4.72 Å². The predicted molar refractivity (Wildman–Crippen MR) is 75.2 cm³/mol. The van der Waals surface area contributed by atoms with E-state index in [9.17, 15) is 13.2 Å². The van der Waals surface area contributed by atoms with E-state index in [-0.39, 0.29) is 20.0 Å². The summed E-state index contributed by atoms with van der Waals surface area (Å²) < 4.78 is 30.5. The highest BCUT2D eigenvalue weighted by Gasteiger charge is 2.24. The van der Waals surface area contributed by atoms with E-state index in [1.807, 2.05) is 12.2 Å². The Morgan fingerprint density at radius 2 is 2.16 bits per heavy atom. The highest BCUT2D eigenvalue weighted by atomic mass is 32.2. The van der Waals surface area contributed by atoms with E-state index in [4.69, 9.17) is 10.4 Å². The molecule has 1 aliphatic heterocycles. The van der Waals surface area contributed by atoms with Gasteiger partial charge in [-0.15, -0.1) is 0 Å². The summed E-state index contributed by atoms with van der Waals surface area (Å²) in [5, 5.41) is 0. The van der Waals surface area contributed by atoms with E-state index >= 15 is 0 Å². The van der Waals surface area contributed by atoms with Crippen LogP contribution in [0.15, 0.2) is 12.2 Å². The van der Waals surface area contributed by atoms with Gasteiger partial charge in [0.1, 0.15) is 0 Å². The van der Waals surface area contributed by atoms with Gasteiger partial charge in [0.2, 0.25) is 15.9 Å². The summed E-state index contributed by atoms with van der Waals surface area (Å²) in [6.45, 7) is 0.0141. The molecule has 1 heterocycles. The molecule has 0 saturated carbocycles. The molecule has 1 unspecified atom stereocenters. The van der Waals surface area contributed by atoms with E-state index < -0.39 is 21.7 Å². The van der Waals surface area contributed by atoms with Crippen LogP contribution < -0.4 is 10.5 Å². The lowest BCUT2D eigenvalue weighted by atomic mass is 9.77. The number of hydrogen-bond acceptors (Lipinski definition) is 5. The first-order valence-corrected chi connectivity index (χ1v) is 8.17. The van der Waals surface area contributed by atoms with Crippen LogP contribution in [-0.2, 0) is 19.5 Å². The van der Waals surface area contributed by atoms with Crippen LogP contribution in [0.25, 0.3) is 0 Å². The Labute approximate surface area is 115 Å². The van der Waals surface area contributed by atoms with Gasteiger partial charge < -0.3 is 10.4 Å². The molecule has 0 aliphatic carbocycles. The molecule has 0 aromatic rings. The molecule has 3 N–H and O–H groups in total. The second-order valence-corrected chi connectivity index (χ2v) is 6.42. The Morgan fingerprint density at radius 3 is 2.89 bits per heavy atom. The minimum Gasteiger partial charge on any atom is -0.427 e. The molecule has 8 heteroatoms. The van der Waals surface area contributed by atoms with Crippen LogP contribution in [0.3, 0.4) is 0 Å². The Hall–Kier alpha value is -0.855. The highest BCUT2D eigenvalue weighted by Crippen LogP contribution is 2.14. The minimum absolute atomic E-state index is 0.00702. The van der Waals surface area contributed by atoms with Crippen LogP contribution in [0.2, 0.25) is 5.82 Å². The average Bonchev–Trinajstić information content (AvgIpc) is 2.33. The van der Waals surface area contributed by atoms with Crippen molar-refractivity contribution in [1.29, 1.82) is 0 Å². The summed E-state index contributed by atoms with van der Waals surface area (Å²) >= 11 is 0. The number of carbonyl (C=O) groups excluding carboxylic acids is 1. The van der Waals surface area contributed by atoms with Crippen molar-refractivity contribution >= 4 is 23.4 Å². The number of nitrogens with one attached hydrogen (secondary N) is 1. The highest BCUT2D eigenvalue weighted by molar-refractivity contribution is 7.90. The maximum absolute atomic E-state index is 11.9. The van der Waals surface area contributed by atoms with Crippen molar-refractivity contribution in [3.63, 3.8) is 0 Å². The van der Waals surface area contributed by atoms with Gasteiger partial charge in [-0.1, -0.05) is 18.6 Å². The minimum atomic E-state index is -3.53. The van der Waals surface area contributed by atoms with Crippen LogP contribution in [-0.4, -0.2) is 34.3 Å². The van der Waals surface area contributed by atoms with Gasteiger partial charge in [0.25, 0.3) is 7.48 Å². The zero-order valence-corrected chi connectivity index (χ0v) is 11.8. The lowest BCUT2D eigenvalue weighted by molar-refractivity contribution is -0.119. The van der Waals surface area contributed by atoms with Crippen LogP contribution in [0, 0.1) is 0 Å². The van der Waals surface area contributed by atoms with Crippen LogP contribution in [0.5, 0.6) is 0 Å². The largest absolute Gasteiger partial charge is 0.427 e. The Bertz CT molecular complexity index is 411. The Kier molecular flexibility index (Phi) is 7.11. The Balaban J connectivity index is 2.73. The van der Waals surface area contributed by atoms with E-state index in [0.29, 0.717) is 12.8 Å². The lowest BCUT2D eigenvalue weighted by Crippen LogP contribution is -2.37. The number of amides is 1. The predicted octanol–water partition coefficient (Wildman–Crippen LogP) is 0.0255. The first-order valence-electron chi connectivity index (χ1n) is 6.52. The van der Waals surface area contributed by atoms with Crippen LogP contribution in [0.4, 0.5) is 0 Å². The van der Waals surface area contributed by atoms with E-state index in [1.54, 1.807) is 0 Å². The third kappa shape index (κ3) is 6.75. The van der Waals surface area contributed by atoms with Gasteiger partial charge in [-0.2, -0.15) is 0 Å². The monoisotopic (exact) mass is 288 g/mol. The van der Waals surface area contributed by atoms with E-state index in [2.05, 4.69) is 4.72 Å². The molecule has 1 rings (SSSR count). The second kappa shape index (κ2) is 8.34. The van der Waals surface area contributed by atoms with Crippen LogP contribution >= 0.6 is 0 Å². The first-order chi connectivity index (χ1) is 9.05. The molecule has 0 saturated heterocycles. The number of allylic oxidation sites excluding steroid dienone is 2. The SMILES string of the molecule is NCOBC1C/C=C\CCCCCS(=O)(=O)NC1=O. The average molecular weight is 288 g/mol. The molecule has 0 aromatic carbocycles. The Morgan fingerprint density at radius 1 is 1.37 bits per heavy atom.